The smallest absolute Gasteiger partial charge is 0.410 e. The molecular formula is C14H23NO4. The Morgan fingerprint density at radius 1 is 1.32 bits per heavy atom. The molecule has 5 heteroatoms. The number of ether oxygens (including phenoxy) is 2. The van der Waals surface area contributed by atoms with E-state index in [0.717, 1.165) is 25.7 Å². The van der Waals surface area contributed by atoms with Crippen LogP contribution >= 0.6 is 0 Å². The highest BCUT2D eigenvalue weighted by Gasteiger charge is 2.28. The zero-order chi connectivity index (χ0) is 14.1. The summed E-state index contributed by atoms with van der Waals surface area (Å²) >= 11 is 0. The highest BCUT2D eigenvalue weighted by molar-refractivity contribution is 5.82. The van der Waals surface area contributed by atoms with Crippen molar-refractivity contribution in [3.8, 4) is 0 Å². The molecule has 0 bridgehead atoms. The summed E-state index contributed by atoms with van der Waals surface area (Å²) < 4.78 is 10.0. The van der Waals surface area contributed by atoms with E-state index in [9.17, 15) is 9.59 Å². The van der Waals surface area contributed by atoms with Gasteiger partial charge in [-0.1, -0.05) is 19.4 Å². The van der Waals surface area contributed by atoms with Crippen LogP contribution in [0, 0.1) is 0 Å². The van der Waals surface area contributed by atoms with Crippen molar-refractivity contribution in [3.05, 3.63) is 12.2 Å². The van der Waals surface area contributed by atoms with Crippen molar-refractivity contribution in [2.45, 2.75) is 45.6 Å². The molecule has 108 valence electrons. The maximum Gasteiger partial charge on any atom is 0.410 e. The summed E-state index contributed by atoms with van der Waals surface area (Å²) in [4.78, 5) is 24.8. The lowest BCUT2D eigenvalue weighted by molar-refractivity contribution is -0.137. The Bertz CT molecular complexity index is 327. The Kier molecular flexibility index (Phi) is 7.00. The van der Waals surface area contributed by atoms with Gasteiger partial charge in [0, 0.05) is 12.6 Å². The fourth-order valence-electron chi connectivity index (χ4n) is 1.99. The van der Waals surface area contributed by atoms with Gasteiger partial charge in [0.2, 0.25) is 0 Å². The second kappa shape index (κ2) is 8.56. The van der Waals surface area contributed by atoms with E-state index >= 15 is 0 Å². The van der Waals surface area contributed by atoms with Crippen LogP contribution in [0.5, 0.6) is 0 Å². The van der Waals surface area contributed by atoms with Gasteiger partial charge in [-0.05, 0) is 26.2 Å². The molecule has 0 aromatic rings. The largest absolute Gasteiger partial charge is 0.463 e. The summed E-state index contributed by atoms with van der Waals surface area (Å²) in [5.74, 6) is -0.367. The van der Waals surface area contributed by atoms with Crippen molar-refractivity contribution in [1.29, 1.82) is 0 Å². The average Bonchev–Trinajstić information content (AvgIpc) is 2.85. The average molecular weight is 269 g/mol. The molecule has 0 N–H and O–H groups in total. The van der Waals surface area contributed by atoms with E-state index in [1.807, 2.05) is 0 Å². The first-order valence-corrected chi connectivity index (χ1v) is 6.97. The fraction of sp³-hybridized carbons (Fsp3) is 0.714. The number of carbonyl (C=O) groups excluding carboxylic acids is 2. The first kappa shape index (κ1) is 15.5. The van der Waals surface area contributed by atoms with E-state index in [1.165, 1.54) is 6.08 Å². The minimum Gasteiger partial charge on any atom is -0.463 e. The third-order valence-corrected chi connectivity index (χ3v) is 3.00. The van der Waals surface area contributed by atoms with Crippen LogP contribution in [-0.2, 0) is 14.3 Å². The number of esters is 1. The van der Waals surface area contributed by atoms with Crippen LogP contribution in [0.1, 0.15) is 39.5 Å². The number of hydrogen-bond donors (Lipinski definition) is 0. The van der Waals surface area contributed by atoms with Crippen molar-refractivity contribution in [3.63, 3.8) is 0 Å². The molecule has 0 aromatic carbocycles. The number of unbranched alkanes of at least 4 members (excludes halogenated alkanes) is 1. The van der Waals surface area contributed by atoms with Gasteiger partial charge < -0.3 is 14.4 Å². The van der Waals surface area contributed by atoms with Gasteiger partial charge in [0.15, 0.2) is 0 Å². The molecule has 1 fully saturated rings. The maximum atomic E-state index is 11.9. The summed E-state index contributed by atoms with van der Waals surface area (Å²) in [5, 5.41) is 0. The summed E-state index contributed by atoms with van der Waals surface area (Å²) in [6.07, 6.45) is 6.50. The molecule has 0 unspecified atom stereocenters. The number of amides is 1. The molecule has 1 aliphatic heterocycles. The Hall–Kier alpha value is -1.52. The number of hydrogen-bond acceptors (Lipinski definition) is 4. The molecule has 0 aromatic heterocycles. The number of carbonyl (C=O) groups is 2. The maximum absolute atomic E-state index is 11.9. The van der Waals surface area contributed by atoms with Crippen LogP contribution < -0.4 is 0 Å². The number of likely N-dealkylation sites (tertiary alicyclic amines) is 1. The number of nitrogens with zero attached hydrogens (tertiary/aromatic N) is 1. The van der Waals surface area contributed by atoms with E-state index in [4.69, 9.17) is 9.47 Å². The van der Waals surface area contributed by atoms with Gasteiger partial charge in [-0.15, -0.1) is 0 Å². The minimum absolute atomic E-state index is 0.0569. The third kappa shape index (κ3) is 5.32. The summed E-state index contributed by atoms with van der Waals surface area (Å²) in [5.41, 5.74) is 0. The monoisotopic (exact) mass is 269 g/mol. The Balaban J connectivity index is 2.44. The van der Waals surface area contributed by atoms with Crippen LogP contribution in [-0.4, -0.2) is 42.8 Å². The number of rotatable bonds is 6. The molecule has 5 nitrogen and oxygen atoms in total. The van der Waals surface area contributed by atoms with Gasteiger partial charge in [-0.3, -0.25) is 0 Å². The lowest BCUT2D eigenvalue weighted by atomic mass is 10.2. The molecule has 1 aliphatic rings. The van der Waals surface area contributed by atoms with Gasteiger partial charge in [-0.25, -0.2) is 9.59 Å². The highest BCUT2D eigenvalue weighted by atomic mass is 16.6. The van der Waals surface area contributed by atoms with Crippen LogP contribution in [0.25, 0.3) is 0 Å². The van der Waals surface area contributed by atoms with E-state index < -0.39 is 0 Å². The summed E-state index contributed by atoms with van der Waals surface area (Å²) in [7, 11) is 0. The molecule has 1 amide bonds. The molecule has 0 spiro atoms. The molecule has 1 rings (SSSR count). The van der Waals surface area contributed by atoms with E-state index in [-0.39, 0.29) is 18.1 Å². The van der Waals surface area contributed by atoms with E-state index in [2.05, 4.69) is 6.92 Å². The van der Waals surface area contributed by atoms with Crippen LogP contribution in [0.3, 0.4) is 0 Å². The minimum atomic E-state index is -0.367. The first-order chi connectivity index (χ1) is 9.19. The van der Waals surface area contributed by atoms with Gasteiger partial charge in [0.25, 0.3) is 0 Å². The standard InChI is InChI=1S/C14H23NO4/c1-3-5-11-19-14(17)15-10-6-7-12(15)8-9-13(16)18-4-2/h8-9,12H,3-7,10-11H2,1-2H3/b9-8+/t12-/m0/s1. The molecule has 19 heavy (non-hydrogen) atoms. The van der Waals surface area contributed by atoms with Crippen LogP contribution in [0.15, 0.2) is 12.2 Å². The Morgan fingerprint density at radius 3 is 2.79 bits per heavy atom. The van der Waals surface area contributed by atoms with Crippen molar-refractivity contribution in [2.75, 3.05) is 19.8 Å². The predicted molar refractivity (Wildman–Crippen MR) is 71.8 cm³/mol. The second-order valence-corrected chi connectivity index (χ2v) is 4.48. The summed E-state index contributed by atoms with van der Waals surface area (Å²) in [6, 6.07) is -0.0569. The second-order valence-electron chi connectivity index (χ2n) is 4.48. The lowest BCUT2D eigenvalue weighted by Gasteiger charge is -2.21. The lowest BCUT2D eigenvalue weighted by Crippen LogP contribution is -2.35. The zero-order valence-electron chi connectivity index (χ0n) is 11.8. The van der Waals surface area contributed by atoms with Gasteiger partial charge >= 0.3 is 12.1 Å². The quantitative estimate of drug-likeness (QED) is 0.422. The fourth-order valence-corrected chi connectivity index (χ4v) is 1.99. The van der Waals surface area contributed by atoms with E-state index in [0.29, 0.717) is 19.8 Å². The molecule has 1 heterocycles. The molecular weight excluding hydrogens is 246 g/mol. The van der Waals surface area contributed by atoms with Gasteiger partial charge in [0.05, 0.1) is 19.3 Å². The normalized spacial score (nSPS) is 18.8. The van der Waals surface area contributed by atoms with Gasteiger partial charge in [0.1, 0.15) is 0 Å². The van der Waals surface area contributed by atoms with Gasteiger partial charge in [-0.2, -0.15) is 0 Å². The third-order valence-electron chi connectivity index (χ3n) is 3.00. The van der Waals surface area contributed by atoms with Crippen molar-refractivity contribution < 1.29 is 19.1 Å². The first-order valence-electron chi connectivity index (χ1n) is 6.97. The molecule has 1 atom stereocenters. The molecule has 0 saturated carbocycles. The summed E-state index contributed by atoms with van der Waals surface area (Å²) in [6.45, 7) is 5.31. The Labute approximate surface area is 114 Å². The predicted octanol–water partition coefficient (Wildman–Crippen LogP) is 2.51. The molecule has 0 aliphatic carbocycles. The van der Waals surface area contributed by atoms with Crippen LogP contribution in [0.2, 0.25) is 0 Å². The molecule has 0 radical (unpaired) electrons. The van der Waals surface area contributed by atoms with Crippen LogP contribution in [0.4, 0.5) is 4.79 Å². The SMILES string of the molecule is CCCCOC(=O)N1CCC[C@H]1/C=C/C(=O)OCC. The van der Waals surface area contributed by atoms with Crippen molar-refractivity contribution in [1.82, 2.24) is 4.90 Å². The van der Waals surface area contributed by atoms with Crippen molar-refractivity contribution in [2.24, 2.45) is 0 Å². The zero-order valence-corrected chi connectivity index (χ0v) is 11.8. The topological polar surface area (TPSA) is 55.8 Å². The van der Waals surface area contributed by atoms with E-state index in [1.54, 1.807) is 17.9 Å². The molecule has 1 saturated heterocycles. The van der Waals surface area contributed by atoms with Crippen molar-refractivity contribution >= 4 is 12.1 Å². The highest BCUT2D eigenvalue weighted by Crippen LogP contribution is 2.19. The Morgan fingerprint density at radius 2 is 2.11 bits per heavy atom.